The second-order valence-corrected chi connectivity index (χ2v) is 10.1. The standard InChI is InChI=1S/C26H35ClN2O/c1-26(2,3)17-16-24(30)20-14-12-19(13-15-20)18-28-22-9-5-4-8-21(22)23-10-6-7-11-25(27)29-23/h6-7,10-15,21-22,28-29H,4-5,8-9,16-18H2,1-3H3. The Morgan fingerprint density at radius 1 is 1.10 bits per heavy atom. The van der Waals surface area contributed by atoms with Crippen LogP contribution in [0.25, 0.3) is 0 Å². The van der Waals surface area contributed by atoms with Gasteiger partial charge in [0.25, 0.3) is 0 Å². The van der Waals surface area contributed by atoms with Crippen molar-refractivity contribution in [2.75, 3.05) is 0 Å². The summed E-state index contributed by atoms with van der Waals surface area (Å²) >= 11 is 6.25. The molecule has 0 radical (unpaired) electrons. The molecule has 1 fully saturated rings. The smallest absolute Gasteiger partial charge is 0.162 e. The van der Waals surface area contributed by atoms with E-state index in [2.05, 4.69) is 55.7 Å². The molecule has 4 heteroatoms. The summed E-state index contributed by atoms with van der Waals surface area (Å²) in [6.45, 7) is 7.34. The molecule has 0 spiro atoms. The van der Waals surface area contributed by atoms with Crippen molar-refractivity contribution in [2.45, 2.75) is 71.9 Å². The van der Waals surface area contributed by atoms with Crippen molar-refractivity contribution < 1.29 is 4.79 Å². The lowest BCUT2D eigenvalue weighted by Crippen LogP contribution is -2.41. The molecule has 3 nitrogen and oxygen atoms in total. The second kappa shape index (κ2) is 10.5. The Labute approximate surface area is 186 Å². The fourth-order valence-electron chi connectivity index (χ4n) is 4.17. The number of ketones is 1. The normalized spacial score (nSPS) is 22.0. The topological polar surface area (TPSA) is 41.1 Å². The molecule has 2 unspecified atom stereocenters. The second-order valence-electron chi connectivity index (χ2n) is 9.71. The predicted octanol–water partition coefficient (Wildman–Crippen LogP) is 6.47. The molecule has 1 aliphatic carbocycles. The van der Waals surface area contributed by atoms with Crippen molar-refractivity contribution >= 4 is 17.4 Å². The minimum atomic E-state index is 0.188. The van der Waals surface area contributed by atoms with Crippen molar-refractivity contribution in [3.63, 3.8) is 0 Å². The van der Waals surface area contributed by atoms with Crippen LogP contribution < -0.4 is 10.6 Å². The van der Waals surface area contributed by atoms with Crippen molar-refractivity contribution in [3.05, 3.63) is 70.5 Å². The summed E-state index contributed by atoms with van der Waals surface area (Å²) in [5, 5.41) is 7.80. The molecule has 0 aromatic heterocycles. The molecule has 2 N–H and O–H groups in total. The first-order valence-electron chi connectivity index (χ1n) is 11.2. The number of allylic oxidation sites excluding steroid dienone is 4. The average molecular weight is 427 g/mol. The Bertz CT molecular complexity index is 814. The highest BCUT2D eigenvalue weighted by atomic mass is 35.5. The summed E-state index contributed by atoms with van der Waals surface area (Å²) in [6.07, 6.45) is 14.4. The van der Waals surface area contributed by atoms with Crippen molar-refractivity contribution in [3.8, 4) is 0 Å². The van der Waals surface area contributed by atoms with E-state index in [4.69, 9.17) is 11.6 Å². The van der Waals surface area contributed by atoms with Crippen LogP contribution in [0.15, 0.2) is 59.4 Å². The van der Waals surface area contributed by atoms with E-state index in [9.17, 15) is 4.79 Å². The zero-order valence-corrected chi connectivity index (χ0v) is 19.3. The maximum absolute atomic E-state index is 12.4. The molecule has 1 saturated carbocycles. The molecule has 0 saturated heterocycles. The molecule has 1 aliphatic heterocycles. The Kier molecular flexibility index (Phi) is 7.96. The monoisotopic (exact) mass is 426 g/mol. The van der Waals surface area contributed by atoms with Crippen LogP contribution in [0, 0.1) is 11.3 Å². The molecule has 0 bridgehead atoms. The Hall–Kier alpha value is -1.84. The Morgan fingerprint density at radius 3 is 2.53 bits per heavy atom. The van der Waals surface area contributed by atoms with Gasteiger partial charge in [0.1, 0.15) is 5.16 Å². The highest BCUT2D eigenvalue weighted by Crippen LogP contribution is 2.31. The van der Waals surface area contributed by atoms with Crippen molar-refractivity contribution in [1.82, 2.24) is 10.6 Å². The number of carbonyl (C=O) groups is 1. The number of Topliss-reactive ketones (excluding diaryl/α,β-unsaturated/α-hetero) is 1. The first kappa shape index (κ1) is 22.8. The third-order valence-electron chi connectivity index (χ3n) is 6.00. The average Bonchev–Trinajstić information content (AvgIpc) is 2.95. The summed E-state index contributed by atoms with van der Waals surface area (Å²) in [6, 6.07) is 8.54. The third kappa shape index (κ3) is 6.85. The highest BCUT2D eigenvalue weighted by molar-refractivity contribution is 6.29. The molecule has 1 aromatic rings. The summed E-state index contributed by atoms with van der Waals surface area (Å²) in [5.74, 6) is 0.669. The van der Waals surface area contributed by atoms with E-state index in [0.29, 0.717) is 23.5 Å². The van der Waals surface area contributed by atoms with E-state index in [-0.39, 0.29) is 11.2 Å². The summed E-state index contributed by atoms with van der Waals surface area (Å²) in [4.78, 5) is 12.4. The molecule has 2 atom stereocenters. The minimum absolute atomic E-state index is 0.188. The van der Waals surface area contributed by atoms with Crippen LogP contribution in [0.1, 0.15) is 75.2 Å². The van der Waals surface area contributed by atoms with E-state index < -0.39 is 0 Å². The molecule has 3 rings (SSSR count). The predicted molar refractivity (Wildman–Crippen MR) is 126 cm³/mol. The Balaban J connectivity index is 1.57. The van der Waals surface area contributed by atoms with E-state index in [1.807, 2.05) is 24.3 Å². The number of hydrogen-bond donors (Lipinski definition) is 2. The van der Waals surface area contributed by atoms with Gasteiger partial charge in [-0.3, -0.25) is 4.79 Å². The molecule has 0 amide bonds. The summed E-state index contributed by atoms with van der Waals surface area (Å²) < 4.78 is 0. The van der Waals surface area contributed by atoms with Crippen LogP contribution in [0.5, 0.6) is 0 Å². The van der Waals surface area contributed by atoms with Gasteiger partial charge in [-0.25, -0.2) is 0 Å². The van der Waals surface area contributed by atoms with Crippen molar-refractivity contribution in [2.24, 2.45) is 11.3 Å². The van der Waals surface area contributed by atoms with Gasteiger partial charge in [0.2, 0.25) is 0 Å². The third-order valence-corrected chi connectivity index (χ3v) is 6.23. The first-order valence-corrected chi connectivity index (χ1v) is 11.6. The number of halogens is 1. The zero-order valence-electron chi connectivity index (χ0n) is 18.5. The van der Waals surface area contributed by atoms with E-state index in [0.717, 1.165) is 31.4 Å². The highest BCUT2D eigenvalue weighted by Gasteiger charge is 2.28. The van der Waals surface area contributed by atoms with Crippen LogP contribution >= 0.6 is 11.6 Å². The lowest BCUT2D eigenvalue weighted by molar-refractivity contribution is 0.0966. The number of nitrogens with one attached hydrogen (secondary N) is 2. The van der Waals surface area contributed by atoms with Crippen LogP contribution in [0.2, 0.25) is 0 Å². The largest absolute Gasteiger partial charge is 0.349 e. The Morgan fingerprint density at radius 2 is 1.80 bits per heavy atom. The van der Waals surface area contributed by atoms with Gasteiger partial charge in [-0.1, -0.05) is 81.6 Å². The van der Waals surface area contributed by atoms with E-state index in [1.165, 1.54) is 24.1 Å². The molecular weight excluding hydrogens is 392 g/mol. The molecule has 30 heavy (non-hydrogen) atoms. The van der Waals surface area contributed by atoms with E-state index in [1.54, 1.807) is 0 Å². The molecule has 1 aromatic carbocycles. The fraction of sp³-hybridized carbons (Fsp3) is 0.500. The van der Waals surface area contributed by atoms with E-state index >= 15 is 0 Å². The van der Waals surface area contributed by atoms with Crippen molar-refractivity contribution in [1.29, 1.82) is 0 Å². The van der Waals surface area contributed by atoms with Crippen LogP contribution in [0.3, 0.4) is 0 Å². The molecular formula is C26H35ClN2O. The first-order chi connectivity index (χ1) is 14.3. The number of rotatable bonds is 7. The van der Waals surface area contributed by atoms with Gasteiger partial charge in [-0.15, -0.1) is 0 Å². The SMILES string of the molecule is CC(C)(C)CCC(=O)c1ccc(CNC2CCCCC2C2=CC=CC=C(Cl)N2)cc1. The lowest BCUT2D eigenvalue weighted by atomic mass is 9.82. The van der Waals surface area contributed by atoms with Crippen LogP contribution in [-0.2, 0) is 6.54 Å². The molecule has 1 heterocycles. The van der Waals surface area contributed by atoms with Gasteiger partial charge in [0.15, 0.2) is 5.78 Å². The van der Waals surface area contributed by atoms with Gasteiger partial charge < -0.3 is 10.6 Å². The van der Waals surface area contributed by atoms with Gasteiger partial charge in [0.05, 0.1) is 0 Å². The van der Waals surface area contributed by atoms with Crippen LogP contribution in [0.4, 0.5) is 0 Å². The minimum Gasteiger partial charge on any atom is -0.349 e. The van der Waals surface area contributed by atoms with Gasteiger partial charge in [-0.2, -0.15) is 0 Å². The van der Waals surface area contributed by atoms with Gasteiger partial charge in [0, 0.05) is 36.2 Å². The molecule has 162 valence electrons. The molecule has 2 aliphatic rings. The maximum atomic E-state index is 12.4. The summed E-state index contributed by atoms with van der Waals surface area (Å²) in [7, 11) is 0. The summed E-state index contributed by atoms with van der Waals surface area (Å²) in [5.41, 5.74) is 3.42. The van der Waals surface area contributed by atoms with Gasteiger partial charge in [-0.05, 0) is 42.4 Å². The van der Waals surface area contributed by atoms with Crippen LogP contribution in [-0.4, -0.2) is 11.8 Å². The number of hydrogen-bond acceptors (Lipinski definition) is 3. The fourth-order valence-corrected chi connectivity index (χ4v) is 4.36. The maximum Gasteiger partial charge on any atom is 0.162 e. The lowest BCUT2D eigenvalue weighted by Gasteiger charge is -2.34. The number of benzene rings is 1. The quantitative estimate of drug-likeness (QED) is 0.388. The zero-order chi connectivity index (χ0) is 21.6. The van der Waals surface area contributed by atoms with Gasteiger partial charge >= 0.3 is 0 Å². The number of carbonyl (C=O) groups excluding carboxylic acids is 1.